The van der Waals surface area contributed by atoms with Crippen molar-refractivity contribution in [3.8, 4) is 0 Å². The molecule has 1 heterocycles. The summed E-state index contributed by atoms with van der Waals surface area (Å²) in [4.78, 5) is 0.287. The van der Waals surface area contributed by atoms with Gasteiger partial charge in [-0.3, -0.25) is 4.72 Å². The molecule has 3 aromatic carbocycles. The molecule has 6 heteroatoms. The Bertz CT molecular complexity index is 1330. The largest absolute Gasteiger partial charge is 0.378 e. The van der Waals surface area contributed by atoms with Crippen LogP contribution in [-0.2, 0) is 10.0 Å². The van der Waals surface area contributed by atoms with E-state index in [1.165, 1.54) is 5.56 Å². The number of sulfonamides is 1. The van der Waals surface area contributed by atoms with Gasteiger partial charge in [0.1, 0.15) is 0 Å². The van der Waals surface area contributed by atoms with Crippen molar-refractivity contribution in [2.45, 2.75) is 37.1 Å². The molecule has 0 aromatic heterocycles. The first-order chi connectivity index (χ1) is 15.3. The predicted octanol–water partition coefficient (Wildman–Crippen LogP) is 6.69. The zero-order valence-corrected chi connectivity index (χ0v) is 20.4. The summed E-state index contributed by atoms with van der Waals surface area (Å²) >= 11 is 3.70. The fourth-order valence-corrected chi connectivity index (χ4v) is 6.41. The number of hydrogen-bond donors (Lipinski definition) is 2. The van der Waals surface area contributed by atoms with Crippen molar-refractivity contribution >= 4 is 37.3 Å². The summed E-state index contributed by atoms with van der Waals surface area (Å²) in [5, 5.41) is 3.68. The summed E-state index contributed by atoms with van der Waals surface area (Å²) in [6.45, 7) is 3.99. The topological polar surface area (TPSA) is 58.2 Å². The summed E-state index contributed by atoms with van der Waals surface area (Å²) in [5.41, 5.74) is 6.02. The first kappa shape index (κ1) is 21.3. The molecule has 32 heavy (non-hydrogen) atoms. The molecule has 0 amide bonds. The van der Waals surface area contributed by atoms with Crippen LogP contribution in [0.25, 0.3) is 0 Å². The standard InChI is InChI=1S/C26H25BrN2O2S/c1-16-10-11-18(14-17(16)2)29-32(30,31)19-12-13-25-23(15-19)20-7-5-8-21(20)26(28-25)22-6-3-4-9-24(22)27/h3-7,9-15,20-21,26,28-29H,8H2,1-2H3/t20-,21+,26+/m0/s1. The smallest absolute Gasteiger partial charge is 0.261 e. The van der Waals surface area contributed by atoms with Crippen molar-refractivity contribution in [3.05, 3.63) is 99.5 Å². The fraction of sp³-hybridized carbons (Fsp3) is 0.231. The van der Waals surface area contributed by atoms with E-state index in [1.54, 1.807) is 12.1 Å². The van der Waals surface area contributed by atoms with E-state index >= 15 is 0 Å². The van der Waals surface area contributed by atoms with E-state index in [-0.39, 0.29) is 16.9 Å². The molecular weight excluding hydrogens is 484 g/mol. The van der Waals surface area contributed by atoms with Crippen LogP contribution in [0, 0.1) is 19.8 Å². The molecule has 0 bridgehead atoms. The second-order valence-corrected chi connectivity index (χ2v) is 11.2. The number of nitrogens with one attached hydrogen (secondary N) is 2. The Morgan fingerprint density at radius 1 is 0.969 bits per heavy atom. The van der Waals surface area contributed by atoms with Gasteiger partial charge in [-0.25, -0.2) is 8.42 Å². The van der Waals surface area contributed by atoms with Crippen molar-refractivity contribution < 1.29 is 8.42 Å². The maximum absolute atomic E-state index is 13.2. The minimum atomic E-state index is -3.69. The van der Waals surface area contributed by atoms with E-state index < -0.39 is 10.0 Å². The highest BCUT2D eigenvalue weighted by Crippen LogP contribution is 2.51. The number of fused-ring (bicyclic) bond motifs is 3. The highest BCUT2D eigenvalue weighted by molar-refractivity contribution is 9.10. The molecule has 0 spiro atoms. The van der Waals surface area contributed by atoms with Crippen LogP contribution in [0.3, 0.4) is 0 Å². The van der Waals surface area contributed by atoms with Gasteiger partial charge in [-0.1, -0.05) is 52.3 Å². The van der Waals surface area contributed by atoms with Crippen LogP contribution in [0.4, 0.5) is 11.4 Å². The Kier molecular flexibility index (Phi) is 5.38. The average Bonchev–Trinajstić information content (AvgIpc) is 3.26. The molecule has 2 N–H and O–H groups in total. The monoisotopic (exact) mass is 508 g/mol. The van der Waals surface area contributed by atoms with Gasteiger partial charge >= 0.3 is 0 Å². The highest BCUT2D eigenvalue weighted by atomic mass is 79.9. The molecule has 4 nitrogen and oxygen atoms in total. The Balaban J connectivity index is 1.49. The highest BCUT2D eigenvalue weighted by Gasteiger charge is 2.39. The third-order valence-electron chi connectivity index (χ3n) is 6.64. The third-order valence-corrected chi connectivity index (χ3v) is 8.75. The second-order valence-electron chi connectivity index (χ2n) is 8.65. The van der Waals surface area contributed by atoms with E-state index in [2.05, 4.69) is 56.3 Å². The predicted molar refractivity (Wildman–Crippen MR) is 134 cm³/mol. The summed E-state index contributed by atoms with van der Waals surface area (Å²) in [6, 6.07) is 19.5. The van der Waals surface area contributed by atoms with Crippen LogP contribution < -0.4 is 10.0 Å². The molecule has 2 aliphatic rings. The maximum Gasteiger partial charge on any atom is 0.261 e. The maximum atomic E-state index is 13.2. The third kappa shape index (κ3) is 3.76. The molecule has 0 saturated carbocycles. The first-order valence-corrected chi connectivity index (χ1v) is 13.0. The van der Waals surface area contributed by atoms with Gasteiger partial charge in [0.15, 0.2) is 0 Å². The lowest BCUT2D eigenvalue weighted by atomic mass is 9.77. The molecule has 3 atom stereocenters. The number of halogens is 1. The number of anilines is 2. The molecule has 1 aliphatic heterocycles. The molecule has 0 radical (unpaired) electrons. The second kappa shape index (κ2) is 8.09. The molecule has 0 unspecified atom stereocenters. The van der Waals surface area contributed by atoms with Gasteiger partial charge in [0.2, 0.25) is 0 Å². The lowest BCUT2D eigenvalue weighted by molar-refractivity contribution is 0.424. The number of rotatable bonds is 4. The Hall–Kier alpha value is -2.57. The normalized spacial score (nSPS) is 21.5. The lowest BCUT2D eigenvalue weighted by Crippen LogP contribution is -2.29. The van der Waals surface area contributed by atoms with E-state index in [0.717, 1.165) is 33.3 Å². The molecule has 1 aliphatic carbocycles. The number of benzene rings is 3. The number of allylic oxidation sites excluding steroid dienone is 2. The van der Waals surface area contributed by atoms with E-state index in [1.807, 2.05) is 44.2 Å². The van der Waals surface area contributed by atoms with Gasteiger partial charge in [0.05, 0.1) is 10.9 Å². The molecule has 5 rings (SSSR count). The van der Waals surface area contributed by atoms with Crippen molar-refractivity contribution in [2.24, 2.45) is 5.92 Å². The Morgan fingerprint density at radius 2 is 1.78 bits per heavy atom. The molecule has 3 aromatic rings. The zero-order chi connectivity index (χ0) is 22.5. The molecular formula is C26H25BrN2O2S. The van der Waals surface area contributed by atoms with Crippen molar-refractivity contribution in [1.29, 1.82) is 0 Å². The minimum Gasteiger partial charge on any atom is -0.378 e. The van der Waals surface area contributed by atoms with Crippen LogP contribution >= 0.6 is 15.9 Å². The lowest BCUT2D eigenvalue weighted by Gasteiger charge is -2.38. The van der Waals surface area contributed by atoms with Gasteiger partial charge in [0, 0.05) is 21.8 Å². The van der Waals surface area contributed by atoms with Crippen molar-refractivity contribution in [2.75, 3.05) is 10.0 Å². The van der Waals surface area contributed by atoms with Gasteiger partial charge in [-0.15, -0.1) is 0 Å². The summed E-state index contributed by atoms with van der Waals surface area (Å²) < 4.78 is 30.1. The van der Waals surface area contributed by atoms with Crippen molar-refractivity contribution in [1.82, 2.24) is 0 Å². The molecule has 164 valence electrons. The Labute approximate surface area is 197 Å². The van der Waals surface area contributed by atoms with Crippen LogP contribution in [-0.4, -0.2) is 8.42 Å². The van der Waals surface area contributed by atoms with E-state index in [4.69, 9.17) is 0 Å². The quantitative estimate of drug-likeness (QED) is 0.385. The van der Waals surface area contributed by atoms with Crippen molar-refractivity contribution in [3.63, 3.8) is 0 Å². The summed E-state index contributed by atoms with van der Waals surface area (Å²) in [5.74, 6) is 0.520. The SMILES string of the molecule is Cc1ccc(NS(=O)(=O)c2ccc3c(c2)[C@H]2C=CC[C@H]2[C@H](c2ccccc2Br)N3)cc1C. The zero-order valence-electron chi connectivity index (χ0n) is 18.0. The van der Waals surface area contributed by atoms with Crippen LogP contribution in [0.15, 0.2) is 82.2 Å². The molecule has 0 fully saturated rings. The van der Waals surface area contributed by atoms with Gasteiger partial charge in [0.25, 0.3) is 10.0 Å². The van der Waals surface area contributed by atoms with Gasteiger partial charge in [-0.05, 0) is 84.8 Å². The van der Waals surface area contributed by atoms with Crippen LogP contribution in [0.5, 0.6) is 0 Å². The number of aryl methyl sites for hydroxylation is 2. The van der Waals surface area contributed by atoms with Crippen LogP contribution in [0.2, 0.25) is 0 Å². The average molecular weight is 509 g/mol. The number of hydrogen-bond acceptors (Lipinski definition) is 3. The summed E-state index contributed by atoms with van der Waals surface area (Å²) in [6.07, 6.45) is 5.40. The Morgan fingerprint density at radius 3 is 2.56 bits per heavy atom. The van der Waals surface area contributed by atoms with Gasteiger partial charge < -0.3 is 5.32 Å². The van der Waals surface area contributed by atoms with Crippen LogP contribution in [0.1, 0.15) is 40.6 Å². The fourth-order valence-electron chi connectivity index (χ4n) is 4.79. The van der Waals surface area contributed by atoms with E-state index in [9.17, 15) is 8.42 Å². The summed E-state index contributed by atoms with van der Waals surface area (Å²) in [7, 11) is -3.69. The first-order valence-electron chi connectivity index (χ1n) is 10.7. The minimum absolute atomic E-state index is 0.161. The van der Waals surface area contributed by atoms with E-state index in [0.29, 0.717) is 11.6 Å². The van der Waals surface area contributed by atoms with Gasteiger partial charge in [-0.2, -0.15) is 0 Å². The molecule has 0 saturated heterocycles.